The van der Waals surface area contributed by atoms with Crippen LogP contribution in [0.2, 0.25) is 5.02 Å². The molecule has 0 saturated heterocycles. The molecule has 2 aromatic heterocycles. The average molecular weight is 457 g/mol. The van der Waals surface area contributed by atoms with Gasteiger partial charge in [0, 0.05) is 5.54 Å². The summed E-state index contributed by atoms with van der Waals surface area (Å²) in [6, 6.07) is 11.2. The second-order valence-electron chi connectivity index (χ2n) is 9.12. The molecule has 1 atom stereocenters. The Kier molecular flexibility index (Phi) is 5.22. The molecule has 1 aliphatic heterocycles. The predicted octanol–water partition coefficient (Wildman–Crippen LogP) is 4.91. The molecule has 0 unspecified atom stereocenters. The van der Waals surface area contributed by atoms with Gasteiger partial charge in [-0.15, -0.1) is 11.3 Å². The van der Waals surface area contributed by atoms with E-state index in [-0.39, 0.29) is 18.4 Å². The fourth-order valence-corrected chi connectivity index (χ4v) is 4.77. The molecular weight excluding hydrogens is 432 g/mol. The van der Waals surface area contributed by atoms with Crippen LogP contribution in [0.1, 0.15) is 43.7 Å². The number of aromatic nitrogens is 2. The van der Waals surface area contributed by atoms with Gasteiger partial charge >= 0.3 is 0 Å². The molecule has 0 saturated carbocycles. The van der Waals surface area contributed by atoms with Crippen LogP contribution in [0, 0.1) is 6.92 Å². The van der Waals surface area contributed by atoms with Crippen LogP contribution in [-0.4, -0.2) is 32.7 Å². The molecule has 2 amide bonds. The number of thiophene rings is 1. The Morgan fingerprint density at radius 2 is 2.00 bits per heavy atom. The second kappa shape index (κ2) is 7.50. The number of aryl methyl sites for hydroxylation is 1. The van der Waals surface area contributed by atoms with Crippen molar-refractivity contribution in [2.45, 2.75) is 52.2 Å². The first-order valence-corrected chi connectivity index (χ1v) is 11.3. The fourth-order valence-electron chi connectivity index (χ4n) is 3.77. The average Bonchev–Trinajstić information content (AvgIpc) is 3.31. The molecule has 0 spiro atoms. The lowest BCUT2D eigenvalue weighted by Gasteiger charge is -2.44. The zero-order valence-corrected chi connectivity index (χ0v) is 19.8. The minimum Gasteiger partial charge on any atom is -0.349 e. The number of carbonyl (C=O) groups excluding carboxylic acids is 2. The highest BCUT2D eigenvalue weighted by atomic mass is 35.5. The third kappa shape index (κ3) is 3.88. The first-order valence-electron chi connectivity index (χ1n) is 10.0. The van der Waals surface area contributed by atoms with Crippen LogP contribution >= 0.6 is 22.9 Å². The van der Waals surface area contributed by atoms with Crippen molar-refractivity contribution in [2.75, 3.05) is 4.90 Å². The minimum absolute atomic E-state index is 0.214. The van der Waals surface area contributed by atoms with Gasteiger partial charge in [-0.1, -0.05) is 23.7 Å². The van der Waals surface area contributed by atoms with Crippen molar-refractivity contribution in [3.63, 3.8) is 0 Å². The topological polar surface area (TPSA) is 67.2 Å². The Bertz CT molecular complexity index is 1160. The summed E-state index contributed by atoms with van der Waals surface area (Å²) in [4.78, 5) is 29.7. The van der Waals surface area contributed by atoms with E-state index in [1.54, 1.807) is 41.1 Å². The van der Waals surface area contributed by atoms with Crippen LogP contribution in [0.4, 0.5) is 5.69 Å². The van der Waals surface area contributed by atoms with E-state index < -0.39 is 11.1 Å². The number of nitrogens with zero attached hydrogens (tertiary/aromatic N) is 3. The maximum absolute atomic E-state index is 13.8. The van der Waals surface area contributed by atoms with Crippen molar-refractivity contribution < 1.29 is 9.59 Å². The molecule has 4 rings (SSSR count). The van der Waals surface area contributed by atoms with E-state index >= 15 is 0 Å². The smallest absolute Gasteiger partial charge is 0.277 e. The summed E-state index contributed by atoms with van der Waals surface area (Å²) in [7, 11) is 0. The summed E-state index contributed by atoms with van der Waals surface area (Å²) in [5.74, 6) is -0.567. The summed E-state index contributed by atoms with van der Waals surface area (Å²) < 4.78 is 1.64. The maximum atomic E-state index is 13.8. The molecule has 31 heavy (non-hydrogen) atoms. The summed E-state index contributed by atoms with van der Waals surface area (Å²) >= 11 is 8.12. The lowest BCUT2D eigenvalue weighted by atomic mass is 9.92. The number of anilines is 1. The lowest BCUT2D eigenvalue weighted by Crippen LogP contribution is -2.66. The fraction of sp³-hybridized carbons (Fsp3) is 0.348. The van der Waals surface area contributed by atoms with Gasteiger partial charge in [-0.3, -0.25) is 19.2 Å². The number of benzene rings is 1. The van der Waals surface area contributed by atoms with E-state index in [2.05, 4.69) is 10.4 Å². The Morgan fingerprint density at radius 3 is 2.61 bits per heavy atom. The molecule has 3 heterocycles. The molecule has 1 N–H and O–H groups in total. The van der Waals surface area contributed by atoms with Crippen LogP contribution in [0.3, 0.4) is 0 Å². The first-order chi connectivity index (χ1) is 14.5. The van der Waals surface area contributed by atoms with Crippen molar-refractivity contribution >= 4 is 40.4 Å². The van der Waals surface area contributed by atoms with Gasteiger partial charge in [0.15, 0.2) is 0 Å². The van der Waals surface area contributed by atoms with Crippen LogP contribution in [0.5, 0.6) is 0 Å². The Morgan fingerprint density at radius 1 is 1.26 bits per heavy atom. The van der Waals surface area contributed by atoms with Crippen LogP contribution in [0.15, 0.2) is 41.8 Å². The number of nitrogens with one attached hydrogen (secondary N) is 1. The molecule has 0 bridgehead atoms. The molecular formula is C23H25ClN4O2S. The Labute approximate surface area is 190 Å². The van der Waals surface area contributed by atoms with Gasteiger partial charge < -0.3 is 5.32 Å². The molecule has 0 radical (unpaired) electrons. The van der Waals surface area contributed by atoms with Gasteiger partial charge in [-0.2, -0.15) is 5.10 Å². The number of carbonyl (C=O) groups is 2. The molecule has 0 fully saturated rings. The quantitative estimate of drug-likeness (QED) is 0.609. The Hall–Kier alpha value is -2.64. The van der Waals surface area contributed by atoms with Gasteiger partial charge in [0.25, 0.3) is 5.91 Å². The first kappa shape index (κ1) is 21.6. The van der Waals surface area contributed by atoms with Crippen LogP contribution in [-0.2, 0) is 11.3 Å². The zero-order valence-electron chi connectivity index (χ0n) is 18.2. The number of hydrogen-bond donors (Lipinski definition) is 1. The zero-order chi connectivity index (χ0) is 22.6. The van der Waals surface area contributed by atoms with Crippen molar-refractivity contribution in [1.82, 2.24) is 15.1 Å². The lowest BCUT2D eigenvalue weighted by molar-refractivity contribution is -0.128. The van der Waals surface area contributed by atoms with Gasteiger partial charge in [0.05, 0.1) is 22.1 Å². The molecule has 162 valence electrons. The molecule has 1 aliphatic rings. The summed E-state index contributed by atoms with van der Waals surface area (Å²) in [5.41, 5.74) is 0.959. The van der Waals surface area contributed by atoms with E-state index in [1.807, 2.05) is 51.3 Å². The third-order valence-electron chi connectivity index (χ3n) is 5.25. The third-order valence-corrected chi connectivity index (χ3v) is 6.44. The van der Waals surface area contributed by atoms with Crippen molar-refractivity contribution in [1.29, 1.82) is 0 Å². The van der Waals surface area contributed by atoms with E-state index in [0.717, 1.165) is 10.4 Å². The highest BCUT2D eigenvalue weighted by Gasteiger charge is 2.50. The number of hydrogen-bond acceptors (Lipinski definition) is 4. The SMILES string of the molecule is Cc1ccc(N2C(=O)c3cc(-c4cccs4)nn3C[C@@]2(C)C(=O)NC(C)(C)C)c(Cl)c1. The second-order valence-corrected chi connectivity index (χ2v) is 10.5. The monoisotopic (exact) mass is 456 g/mol. The Balaban J connectivity index is 1.87. The predicted molar refractivity (Wildman–Crippen MR) is 125 cm³/mol. The van der Waals surface area contributed by atoms with E-state index in [4.69, 9.17) is 11.6 Å². The summed E-state index contributed by atoms with van der Waals surface area (Å²) in [6.45, 7) is 9.65. The van der Waals surface area contributed by atoms with Gasteiger partial charge in [-0.25, -0.2) is 0 Å². The van der Waals surface area contributed by atoms with Crippen molar-refractivity contribution in [2.24, 2.45) is 0 Å². The van der Waals surface area contributed by atoms with Crippen molar-refractivity contribution in [3.05, 3.63) is 58.1 Å². The molecule has 6 nitrogen and oxygen atoms in total. The number of amides is 2. The molecule has 0 aliphatic carbocycles. The summed E-state index contributed by atoms with van der Waals surface area (Å²) in [6.07, 6.45) is 0. The van der Waals surface area contributed by atoms with Crippen molar-refractivity contribution in [3.8, 4) is 10.6 Å². The normalized spacial score (nSPS) is 18.8. The van der Waals surface area contributed by atoms with E-state index in [0.29, 0.717) is 22.1 Å². The highest BCUT2D eigenvalue weighted by Crippen LogP contribution is 2.38. The van der Waals surface area contributed by atoms with Gasteiger partial charge in [0.1, 0.15) is 16.9 Å². The van der Waals surface area contributed by atoms with Gasteiger partial charge in [0.2, 0.25) is 5.91 Å². The van der Waals surface area contributed by atoms with Crippen LogP contribution < -0.4 is 10.2 Å². The number of halogens is 1. The van der Waals surface area contributed by atoms with Gasteiger partial charge in [-0.05, 0) is 69.8 Å². The minimum atomic E-state index is -1.21. The highest BCUT2D eigenvalue weighted by molar-refractivity contribution is 7.13. The standard InChI is InChI=1S/C23H25ClN4O2S/c1-14-8-9-17(15(24)11-14)28-20(29)18-12-16(19-7-6-10-31-19)26-27(18)13-23(28,5)21(30)25-22(2,3)4/h6-12H,13H2,1-5H3,(H,25,30)/t23-/m0/s1. The molecule has 1 aromatic carbocycles. The van der Waals surface area contributed by atoms with E-state index in [1.165, 1.54) is 4.90 Å². The van der Waals surface area contributed by atoms with Crippen LogP contribution in [0.25, 0.3) is 10.6 Å². The molecule has 8 heteroatoms. The maximum Gasteiger partial charge on any atom is 0.277 e. The van der Waals surface area contributed by atoms with E-state index in [9.17, 15) is 9.59 Å². The number of rotatable bonds is 3. The largest absolute Gasteiger partial charge is 0.349 e. The molecule has 3 aromatic rings. The number of fused-ring (bicyclic) bond motifs is 1. The summed E-state index contributed by atoms with van der Waals surface area (Å²) in [5, 5.41) is 10.1.